The summed E-state index contributed by atoms with van der Waals surface area (Å²) in [7, 11) is -3.79. The van der Waals surface area contributed by atoms with Crippen molar-refractivity contribution in [3.63, 3.8) is 0 Å². The van der Waals surface area contributed by atoms with Gasteiger partial charge in [-0.3, -0.25) is 14.3 Å². The Balaban J connectivity index is 1.23. The summed E-state index contributed by atoms with van der Waals surface area (Å²) in [5.74, 6) is 0.131. The number of hydrogen-bond acceptors (Lipinski definition) is 5. The Kier molecular flexibility index (Phi) is 8.40. The third-order valence-corrected chi connectivity index (χ3v) is 9.63. The van der Waals surface area contributed by atoms with Gasteiger partial charge < -0.3 is 10.2 Å². The van der Waals surface area contributed by atoms with E-state index in [1.807, 2.05) is 67.3 Å². The molecule has 7 nitrogen and oxygen atoms in total. The van der Waals surface area contributed by atoms with Gasteiger partial charge in [-0.25, -0.2) is 8.42 Å². The number of aryl methyl sites for hydroxylation is 2. The van der Waals surface area contributed by atoms with Crippen molar-refractivity contribution >= 4 is 56.6 Å². The Morgan fingerprint density at radius 2 is 1.63 bits per heavy atom. The van der Waals surface area contributed by atoms with Crippen LogP contribution in [0.25, 0.3) is 0 Å². The van der Waals surface area contributed by atoms with Crippen LogP contribution in [0.2, 0.25) is 5.02 Å². The molecule has 0 saturated carbocycles. The molecule has 1 atom stereocenters. The van der Waals surface area contributed by atoms with Crippen LogP contribution in [0, 0.1) is 13.8 Å². The Bertz CT molecular complexity index is 1690. The van der Waals surface area contributed by atoms with Crippen molar-refractivity contribution in [3.05, 3.63) is 124 Å². The first-order valence-corrected chi connectivity index (χ1v) is 15.8. The zero-order chi connectivity index (χ0) is 29.1. The highest BCUT2D eigenvalue weighted by Gasteiger charge is 2.32. The van der Waals surface area contributed by atoms with E-state index in [1.54, 1.807) is 42.1 Å². The molecule has 0 radical (unpaired) electrons. The second kappa shape index (κ2) is 12.0. The molecule has 4 aromatic rings. The average Bonchev–Trinajstić information content (AvgIpc) is 3.31. The number of rotatable bonds is 8. The summed E-state index contributed by atoms with van der Waals surface area (Å²) in [6.07, 6.45) is 0. The van der Waals surface area contributed by atoms with Crippen LogP contribution in [0.1, 0.15) is 38.0 Å². The number of sulfonamides is 1. The van der Waals surface area contributed by atoms with Crippen LogP contribution in [-0.2, 0) is 21.4 Å². The molecule has 0 aromatic heterocycles. The predicted octanol–water partition coefficient (Wildman–Crippen LogP) is 6.78. The van der Waals surface area contributed by atoms with Crippen LogP contribution in [0.5, 0.6) is 0 Å². The van der Waals surface area contributed by atoms with Gasteiger partial charge in [0.25, 0.3) is 15.9 Å². The van der Waals surface area contributed by atoms with E-state index in [0.717, 1.165) is 22.3 Å². The van der Waals surface area contributed by atoms with Gasteiger partial charge in [0.1, 0.15) is 5.37 Å². The molecular weight excluding hydrogens is 578 g/mol. The number of nitrogens with zero attached hydrogens (tertiary/aromatic N) is 1. The van der Waals surface area contributed by atoms with Crippen molar-refractivity contribution in [1.29, 1.82) is 0 Å². The maximum atomic E-state index is 12.9. The van der Waals surface area contributed by atoms with Crippen LogP contribution in [0.15, 0.2) is 95.9 Å². The molecule has 1 heterocycles. The van der Waals surface area contributed by atoms with E-state index in [-0.39, 0.29) is 22.1 Å². The van der Waals surface area contributed by atoms with Gasteiger partial charge >= 0.3 is 0 Å². The minimum atomic E-state index is -3.79. The molecule has 41 heavy (non-hydrogen) atoms. The zero-order valence-corrected chi connectivity index (χ0v) is 24.8. The number of benzene rings is 4. The Morgan fingerprint density at radius 3 is 2.29 bits per heavy atom. The molecule has 0 unspecified atom stereocenters. The van der Waals surface area contributed by atoms with Gasteiger partial charge in [0, 0.05) is 22.8 Å². The maximum absolute atomic E-state index is 12.9. The quantitative estimate of drug-likeness (QED) is 0.231. The number of carbonyl (C=O) groups is 2. The summed E-state index contributed by atoms with van der Waals surface area (Å²) in [6.45, 7) is 4.27. The summed E-state index contributed by atoms with van der Waals surface area (Å²) in [5, 5.41) is 3.30. The van der Waals surface area contributed by atoms with Crippen molar-refractivity contribution in [2.45, 2.75) is 30.7 Å². The minimum Gasteiger partial charge on any atom is -0.322 e. The van der Waals surface area contributed by atoms with Crippen molar-refractivity contribution in [2.24, 2.45) is 0 Å². The van der Waals surface area contributed by atoms with Gasteiger partial charge in [0.05, 0.1) is 16.3 Å². The number of hydrogen-bond donors (Lipinski definition) is 2. The molecule has 0 aliphatic carbocycles. The Morgan fingerprint density at radius 1 is 0.951 bits per heavy atom. The van der Waals surface area contributed by atoms with Crippen LogP contribution in [0.3, 0.4) is 0 Å². The van der Waals surface area contributed by atoms with Gasteiger partial charge in [0.2, 0.25) is 5.91 Å². The summed E-state index contributed by atoms with van der Waals surface area (Å²) < 4.78 is 28.3. The van der Waals surface area contributed by atoms with Crippen molar-refractivity contribution in [2.75, 3.05) is 15.8 Å². The second-order valence-electron chi connectivity index (χ2n) is 9.84. The fourth-order valence-corrected chi connectivity index (χ4v) is 6.98. The molecule has 1 aliphatic heterocycles. The van der Waals surface area contributed by atoms with Gasteiger partial charge in [-0.05, 0) is 85.1 Å². The van der Waals surface area contributed by atoms with E-state index in [9.17, 15) is 18.0 Å². The van der Waals surface area contributed by atoms with Crippen LogP contribution in [-0.4, -0.2) is 30.9 Å². The predicted molar refractivity (Wildman–Crippen MR) is 165 cm³/mol. The number of amides is 2. The van der Waals surface area contributed by atoms with Gasteiger partial charge in [0.15, 0.2) is 0 Å². The Labute approximate surface area is 249 Å². The molecule has 1 aliphatic rings. The van der Waals surface area contributed by atoms with E-state index in [2.05, 4.69) is 10.0 Å². The van der Waals surface area contributed by atoms with Crippen LogP contribution in [0.4, 0.5) is 11.4 Å². The minimum absolute atomic E-state index is 0.0615. The van der Waals surface area contributed by atoms with Crippen molar-refractivity contribution < 1.29 is 18.0 Å². The number of nitrogens with one attached hydrogen (secondary N) is 2. The van der Waals surface area contributed by atoms with Gasteiger partial charge in [-0.1, -0.05) is 53.6 Å². The maximum Gasteiger partial charge on any atom is 0.261 e. The van der Waals surface area contributed by atoms with Crippen molar-refractivity contribution in [1.82, 2.24) is 4.90 Å². The molecule has 210 valence electrons. The molecule has 1 saturated heterocycles. The molecule has 0 bridgehead atoms. The lowest BCUT2D eigenvalue weighted by Crippen LogP contribution is -2.27. The summed E-state index contributed by atoms with van der Waals surface area (Å²) in [5.41, 5.74) is 5.23. The lowest BCUT2D eigenvalue weighted by atomic mass is 10.1. The number of halogens is 1. The highest BCUT2D eigenvalue weighted by molar-refractivity contribution is 8.00. The standard InChI is InChI=1S/C31H28ClN3O4S2/c1-20-3-16-28(21(2)17-20)34-41(38,39)27-14-12-26(13-15-27)33-30(37)23-6-8-24(9-7-23)31-35(29(36)19-40-31)18-22-4-10-25(32)11-5-22/h3-17,31,34H,18-19H2,1-2H3,(H,33,37)/t31-/m0/s1. The van der Waals surface area contributed by atoms with Crippen LogP contribution < -0.4 is 10.0 Å². The molecule has 2 N–H and O–H groups in total. The largest absolute Gasteiger partial charge is 0.322 e. The summed E-state index contributed by atoms with van der Waals surface area (Å²) in [6, 6.07) is 26.1. The number of carbonyl (C=O) groups excluding carboxylic acids is 2. The molecule has 10 heteroatoms. The van der Waals surface area contributed by atoms with E-state index in [1.165, 1.54) is 12.1 Å². The lowest BCUT2D eigenvalue weighted by Gasteiger charge is -2.24. The third kappa shape index (κ3) is 6.75. The number of anilines is 2. The first kappa shape index (κ1) is 28.7. The SMILES string of the molecule is Cc1ccc(NS(=O)(=O)c2ccc(NC(=O)c3ccc([C@@H]4SCC(=O)N4Cc4ccc(Cl)cc4)cc3)cc2)c(C)c1. The van der Waals surface area contributed by atoms with Crippen molar-refractivity contribution in [3.8, 4) is 0 Å². The smallest absolute Gasteiger partial charge is 0.261 e. The molecule has 4 aromatic carbocycles. The fraction of sp³-hybridized carbons (Fsp3) is 0.161. The van der Waals surface area contributed by atoms with E-state index in [0.29, 0.717) is 34.3 Å². The third-order valence-electron chi connectivity index (χ3n) is 6.74. The first-order chi connectivity index (χ1) is 19.6. The van der Waals surface area contributed by atoms with Crippen LogP contribution >= 0.6 is 23.4 Å². The summed E-state index contributed by atoms with van der Waals surface area (Å²) >= 11 is 7.54. The van der Waals surface area contributed by atoms with E-state index in [4.69, 9.17) is 11.6 Å². The molecule has 0 spiro atoms. The highest BCUT2D eigenvalue weighted by Crippen LogP contribution is 2.39. The van der Waals surface area contributed by atoms with E-state index >= 15 is 0 Å². The summed E-state index contributed by atoms with van der Waals surface area (Å²) in [4.78, 5) is 27.4. The van der Waals surface area contributed by atoms with Gasteiger partial charge in [-0.15, -0.1) is 11.8 Å². The van der Waals surface area contributed by atoms with Gasteiger partial charge in [-0.2, -0.15) is 0 Å². The zero-order valence-electron chi connectivity index (χ0n) is 22.4. The topological polar surface area (TPSA) is 95.6 Å². The lowest BCUT2D eigenvalue weighted by molar-refractivity contribution is -0.128. The molecular formula is C31H28ClN3O4S2. The second-order valence-corrected chi connectivity index (χ2v) is 13.0. The fourth-order valence-electron chi connectivity index (χ4n) is 4.54. The first-order valence-electron chi connectivity index (χ1n) is 12.9. The normalized spacial score (nSPS) is 15.1. The highest BCUT2D eigenvalue weighted by atomic mass is 35.5. The van der Waals surface area contributed by atoms with E-state index < -0.39 is 10.0 Å². The Hall–Kier alpha value is -3.79. The molecule has 2 amide bonds. The monoisotopic (exact) mass is 605 g/mol. The molecule has 1 fully saturated rings. The average molecular weight is 606 g/mol. The number of thioether (sulfide) groups is 1. The molecule has 5 rings (SSSR count).